The fourth-order valence-corrected chi connectivity index (χ4v) is 2.39. The normalized spacial score (nSPS) is 10.8. The lowest BCUT2D eigenvalue weighted by Gasteiger charge is -2.11. The molecular formula is C17H22N4O5. The molecule has 0 fully saturated rings. The molecule has 1 heterocycles. The summed E-state index contributed by atoms with van der Waals surface area (Å²) in [5.41, 5.74) is 4.11. The Morgan fingerprint density at radius 3 is 2.35 bits per heavy atom. The lowest BCUT2D eigenvalue weighted by atomic mass is 10.1. The van der Waals surface area contributed by atoms with E-state index in [1.807, 2.05) is 0 Å². The Morgan fingerprint density at radius 2 is 1.77 bits per heavy atom. The fraction of sp³-hybridized carbons (Fsp3) is 0.353. The van der Waals surface area contributed by atoms with E-state index < -0.39 is 0 Å². The second-order valence-electron chi connectivity index (χ2n) is 5.42. The molecule has 9 heteroatoms. The van der Waals surface area contributed by atoms with E-state index in [-0.39, 0.29) is 17.9 Å². The van der Waals surface area contributed by atoms with Crippen molar-refractivity contribution in [1.82, 2.24) is 15.6 Å². The quantitative estimate of drug-likeness (QED) is 0.480. The maximum atomic E-state index is 11.9. The van der Waals surface area contributed by atoms with Crippen molar-refractivity contribution >= 4 is 12.1 Å². The van der Waals surface area contributed by atoms with Gasteiger partial charge in [-0.15, -0.1) is 0 Å². The molecule has 0 atom stereocenters. The van der Waals surface area contributed by atoms with Gasteiger partial charge in [-0.25, -0.2) is 5.43 Å². The summed E-state index contributed by atoms with van der Waals surface area (Å²) in [4.78, 5) is 23.5. The van der Waals surface area contributed by atoms with Crippen molar-refractivity contribution in [3.8, 4) is 17.2 Å². The van der Waals surface area contributed by atoms with E-state index in [2.05, 4.69) is 20.7 Å². The summed E-state index contributed by atoms with van der Waals surface area (Å²) in [5, 5.41) is 9.13. The Balaban J connectivity index is 2.01. The molecule has 26 heavy (non-hydrogen) atoms. The van der Waals surface area contributed by atoms with Crippen LogP contribution in [0, 0.1) is 6.92 Å². The van der Waals surface area contributed by atoms with Crippen LogP contribution in [0.2, 0.25) is 0 Å². The number of benzene rings is 1. The van der Waals surface area contributed by atoms with Crippen molar-refractivity contribution < 1.29 is 19.0 Å². The average Bonchev–Trinajstić information content (AvgIpc) is 2.97. The van der Waals surface area contributed by atoms with Crippen LogP contribution in [0.5, 0.6) is 17.2 Å². The van der Waals surface area contributed by atoms with Crippen molar-refractivity contribution in [1.29, 1.82) is 0 Å². The highest BCUT2D eigenvalue weighted by atomic mass is 16.5. The minimum absolute atomic E-state index is 0.141. The van der Waals surface area contributed by atoms with E-state index in [1.54, 1.807) is 19.1 Å². The van der Waals surface area contributed by atoms with Crippen LogP contribution in [-0.4, -0.2) is 43.6 Å². The number of aromatic nitrogens is 2. The van der Waals surface area contributed by atoms with Crippen LogP contribution in [0.15, 0.2) is 22.0 Å². The van der Waals surface area contributed by atoms with E-state index >= 15 is 0 Å². The topological polar surface area (TPSA) is 118 Å². The maximum absolute atomic E-state index is 11.9. The Kier molecular flexibility index (Phi) is 6.42. The van der Waals surface area contributed by atoms with Crippen LogP contribution in [-0.2, 0) is 11.2 Å². The molecule has 2 rings (SSSR count). The summed E-state index contributed by atoms with van der Waals surface area (Å²) in [7, 11) is 4.58. The number of methoxy groups -OCH3 is 3. The van der Waals surface area contributed by atoms with Gasteiger partial charge < -0.3 is 19.3 Å². The molecule has 0 aliphatic heterocycles. The van der Waals surface area contributed by atoms with Crippen LogP contribution < -0.4 is 25.2 Å². The maximum Gasteiger partial charge on any atom is 0.267 e. The highest BCUT2D eigenvalue weighted by Gasteiger charge is 2.11. The van der Waals surface area contributed by atoms with Gasteiger partial charge in [0, 0.05) is 29.3 Å². The Morgan fingerprint density at radius 1 is 1.12 bits per heavy atom. The molecule has 0 unspecified atom stereocenters. The highest BCUT2D eigenvalue weighted by molar-refractivity contribution is 5.86. The number of ether oxygens (including phenoxy) is 3. The molecule has 1 amide bonds. The number of rotatable bonds is 8. The summed E-state index contributed by atoms with van der Waals surface area (Å²) >= 11 is 0. The van der Waals surface area contributed by atoms with Crippen LogP contribution in [0.25, 0.3) is 0 Å². The predicted octanol–water partition coefficient (Wildman–Crippen LogP) is 1.12. The number of aromatic amines is 2. The number of H-pyrrole nitrogens is 2. The van der Waals surface area contributed by atoms with Crippen LogP contribution in [0.3, 0.4) is 0 Å². The van der Waals surface area contributed by atoms with Crippen molar-refractivity contribution in [2.24, 2.45) is 5.10 Å². The van der Waals surface area contributed by atoms with Gasteiger partial charge in [-0.05, 0) is 19.4 Å². The minimum atomic E-state index is -0.305. The molecule has 140 valence electrons. The first kappa shape index (κ1) is 19.1. The molecule has 0 radical (unpaired) electrons. The number of hydrazone groups is 1. The van der Waals surface area contributed by atoms with Crippen molar-refractivity contribution in [3.05, 3.63) is 39.3 Å². The molecule has 0 bridgehead atoms. The number of aryl methyl sites for hydroxylation is 1. The van der Waals surface area contributed by atoms with Crippen LogP contribution in [0.4, 0.5) is 0 Å². The minimum Gasteiger partial charge on any atom is -0.496 e. The fourth-order valence-electron chi connectivity index (χ4n) is 2.39. The van der Waals surface area contributed by atoms with E-state index in [0.29, 0.717) is 34.8 Å². The molecule has 1 aromatic carbocycles. The molecule has 1 aromatic heterocycles. The third kappa shape index (κ3) is 4.44. The Bertz CT molecular complexity index is 853. The third-order valence-corrected chi connectivity index (χ3v) is 3.82. The SMILES string of the molecule is COc1cc(OC)c(OC)cc1C=NNC(=O)CCc1c(C)[nH][nH]c1=O. The van der Waals surface area contributed by atoms with Crippen LogP contribution in [0.1, 0.15) is 23.2 Å². The van der Waals surface area contributed by atoms with Gasteiger partial charge in [0.15, 0.2) is 11.5 Å². The van der Waals surface area contributed by atoms with E-state index in [0.717, 1.165) is 5.69 Å². The summed E-state index contributed by atoms with van der Waals surface area (Å²) in [6, 6.07) is 3.36. The van der Waals surface area contributed by atoms with Gasteiger partial charge >= 0.3 is 0 Å². The lowest BCUT2D eigenvalue weighted by molar-refractivity contribution is -0.121. The molecule has 0 aliphatic rings. The van der Waals surface area contributed by atoms with E-state index in [9.17, 15) is 9.59 Å². The number of nitrogens with zero attached hydrogens (tertiary/aromatic N) is 1. The summed E-state index contributed by atoms with van der Waals surface area (Å²) < 4.78 is 15.7. The molecule has 0 aliphatic carbocycles. The van der Waals surface area contributed by atoms with Gasteiger partial charge in [-0.2, -0.15) is 5.10 Å². The zero-order chi connectivity index (χ0) is 19.1. The van der Waals surface area contributed by atoms with Crippen LogP contribution >= 0.6 is 0 Å². The molecule has 3 N–H and O–H groups in total. The number of hydrogen-bond acceptors (Lipinski definition) is 6. The smallest absolute Gasteiger partial charge is 0.267 e. The molecule has 0 saturated heterocycles. The third-order valence-electron chi connectivity index (χ3n) is 3.82. The Hall–Kier alpha value is -3.23. The molecule has 0 spiro atoms. The number of carbonyl (C=O) groups excluding carboxylic acids is 1. The lowest BCUT2D eigenvalue weighted by Crippen LogP contribution is -2.19. The second-order valence-corrected chi connectivity index (χ2v) is 5.42. The first-order valence-electron chi connectivity index (χ1n) is 7.88. The standard InChI is InChI=1S/C17H22N4O5/c1-10-12(17(23)21-19-10)5-6-16(22)20-18-9-11-7-14(25-3)15(26-4)8-13(11)24-2/h7-9H,5-6H2,1-4H3,(H,20,22)(H2,19,21,23). The average molecular weight is 362 g/mol. The molecule has 9 nitrogen and oxygen atoms in total. The number of amides is 1. The van der Waals surface area contributed by atoms with E-state index in [4.69, 9.17) is 14.2 Å². The van der Waals surface area contributed by atoms with Crippen molar-refractivity contribution in [2.45, 2.75) is 19.8 Å². The van der Waals surface area contributed by atoms with Gasteiger partial charge in [0.25, 0.3) is 5.56 Å². The summed E-state index contributed by atoms with van der Waals surface area (Å²) in [6.45, 7) is 1.77. The van der Waals surface area contributed by atoms with Gasteiger partial charge in [0.1, 0.15) is 5.75 Å². The largest absolute Gasteiger partial charge is 0.496 e. The first-order valence-corrected chi connectivity index (χ1v) is 7.88. The molecular weight excluding hydrogens is 340 g/mol. The van der Waals surface area contributed by atoms with Gasteiger partial charge in [-0.3, -0.25) is 14.7 Å². The monoisotopic (exact) mass is 362 g/mol. The second kappa shape index (κ2) is 8.75. The van der Waals surface area contributed by atoms with Crippen molar-refractivity contribution in [3.63, 3.8) is 0 Å². The molecule has 2 aromatic rings. The first-order chi connectivity index (χ1) is 12.5. The van der Waals surface area contributed by atoms with Gasteiger partial charge in [0.2, 0.25) is 5.91 Å². The van der Waals surface area contributed by atoms with Gasteiger partial charge in [0.05, 0.1) is 27.5 Å². The summed E-state index contributed by atoms with van der Waals surface area (Å²) in [6.07, 6.45) is 1.92. The Labute approximate surface area is 150 Å². The molecule has 0 saturated carbocycles. The predicted molar refractivity (Wildman–Crippen MR) is 96.3 cm³/mol. The van der Waals surface area contributed by atoms with E-state index in [1.165, 1.54) is 27.5 Å². The summed E-state index contributed by atoms with van der Waals surface area (Å²) in [5.74, 6) is 1.26. The highest BCUT2D eigenvalue weighted by Crippen LogP contribution is 2.33. The van der Waals surface area contributed by atoms with Gasteiger partial charge in [-0.1, -0.05) is 0 Å². The number of nitrogens with one attached hydrogen (secondary N) is 3. The zero-order valence-electron chi connectivity index (χ0n) is 15.1. The van der Waals surface area contributed by atoms with Crippen molar-refractivity contribution in [2.75, 3.05) is 21.3 Å². The number of hydrogen-bond donors (Lipinski definition) is 3. The number of carbonyl (C=O) groups is 1. The zero-order valence-corrected chi connectivity index (χ0v) is 15.1.